The standard InChI is InChI=1S/C21H27FN4O2/c1-3-11-23-19(27)9-8-17-13-24-21(28)20-18(25(17)2)10-12-26(20)14-15-4-6-16(22)7-5-15/h1,4-7,17-18,20H,8-14H2,2H3,(H,23,27)(H,24,28)/t17-,18-,20-/m0/s1. The number of hydrogen-bond acceptors (Lipinski definition) is 4. The molecule has 1 aromatic rings. The van der Waals surface area contributed by atoms with E-state index in [4.69, 9.17) is 6.42 Å². The van der Waals surface area contributed by atoms with Gasteiger partial charge in [0.2, 0.25) is 11.8 Å². The van der Waals surface area contributed by atoms with Gasteiger partial charge in [-0.15, -0.1) is 6.42 Å². The molecule has 6 nitrogen and oxygen atoms in total. The second kappa shape index (κ2) is 9.18. The van der Waals surface area contributed by atoms with Crippen molar-refractivity contribution in [3.63, 3.8) is 0 Å². The molecule has 2 amide bonds. The molecular weight excluding hydrogens is 359 g/mol. The van der Waals surface area contributed by atoms with Crippen LogP contribution >= 0.6 is 0 Å². The van der Waals surface area contributed by atoms with Crippen LogP contribution in [0.3, 0.4) is 0 Å². The average molecular weight is 386 g/mol. The smallest absolute Gasteiger partial charge is 0.239 e. The lowest BCUT2D eigenvalue weighted by atomic mass is 10.0. The number of likely N-dealkylation sites (N-methyl/N-ethyl adjacent to an activating group) is 1. The van der Waals surface area contributed by atoms with Gasteiger partial charge in [-0.3, -0.25) is 19.4 Å². The SMILES string of the molecule is C#CCNC(=O)CC[C@H]1CNC(=O)[C@@H]2[C@H](CCN2Cc2ccc(F)cc2)N1C. The van der Waals surface area contributed by atoms with E-state index in [-0.39, 0.29) is 42.3 Å². The molecule has 150 valence electrons. The first-order valence-corrected chi connectivity index (χ1v) is 9.68. The van der Waals surface area contributed by atoms with Crippen LogP contribution in [-0.4, -0.2) is 66.4 Å². The number of benzene rings is 1. The van der Waals surface area contributed by atoms with Crippen molar-refractivity contribution in [3.05, 3.63) is 35.6 Å². The molecule has 2 N–H and O–H groups in total. The van der Waals surface area contributed by atoms with Gasteiger partial charge in [0, 0.05) is 38.1 Å². The van der Waals surface area contributed by atoms with Crippen molar-refractivity contribution >= 4 is 11.8 Å². The number of rotatable bonds is 6. The summed E-state index contributed by atoms with van der Waals surface area (Å²) in [5.41, 5.74) is 0.989. The molecule has 0 unspecified atom stereocenters. The van der Waals surface area contributed by atoms with Crippen LogP contribution < -0.4 is 10.6 Å². The molecule has 0 saturated carbocycles. The Kier molecular flexibility index (Phi) is 6.65. The average Bonchev–Trinajstić information content (AvgIpc) is 3.06. The van der Waals surface area contributed by atoms with E-state index in [9.17, 15) is 14.0 Å². The number of nitrogens with one attached hydrogen (secondary N) is 2. The van der Waals surface area contributed by atoms with Gasteiger partial charge >= 0.3 is 0 Å². The van der Waals surface area contributed by atoms with Crippen molar-refractivity contribution in [2.45, 2.75) is 43.9 Å². The maximum atomic E-state index is 13.2. The van der Waals surface area contributed by atoms with Gasteiger partial charge in [-0.25, -0.2) is 4.39 Å². The summed E-state index contributed by atoms with van der Waals surface area (Å²) in [6.07, 6.45) is 7.09. The van der Waals surface area contributed by atoms with Gasteiger partial charge in [0.1, 0.15) is 11.9 Å². The number of amides is 2. The Hall–Kier alpha value is -2.43. The normalized spacial score (nSPS) is 25.5. The van der Waals surface area contributed by atoms with E-state index in [1.807, 2.05) is 7.05 Å². The zero-order valence-corrected chi connectivity index (χ0v) is 16.2. The zero-order valence-electron chi connectivity index (χ0n) is 16.2. The number of hydrogen-bond donors (Lipinski definition) is 2. The second-order valence-electron chi connectivity index (χ2n) is 7.48. The van der Waals surface area contributed by atoms with Gasteiger partial charge in [-0.05, 0) is 37.6 Å². The minimum Gasteiger partial charge on any atom is -0.353 e. The Morgan fingerprint density at radius 1 is 1.39 bits per heavy atom. The lowest BCUT2D eigenvalue weighted by molar-refractivity contribution is -0.126. The van der Waals surface area contributed by atoms with Gasteiger partial charge in [-0.2, -0.15) is 0 Å². The third kappa shape index (κ3) is 4.70. The number of likely N-dealkylation sites (tertiary alicyclic amines) is 1. The fourth-order valence-electron chi connectivity index (χ4n) is 4.19. The summed E-state index contributed by atoms with van der Waals surface area (Å²) in [7, 11) is 2.03. The highest BCUT2D eigenvalue weighted by molar-refractivity contribution is 5.83. The lowest BCUT2D eigenvalue weighted by Gasteiger charge is -2.33. The topological polar surface area (TPSA) is 64.7 Å². The number of nitrogens with zero attached hydrogens (tertiary/aromatic N) is 2. The van der Waals surface area contributed by atoms with E-state index in [1.165, 1.54) is 12.1 Å². The summed E-state index contributed by atoms with van der Waals surface area (Å²) >= 11 is 0. The molecule has 2 aliphatic heterocycles. The number of carbonyl (C=O) groups is 2. The molecule has 7 heteroatoms. The Morgan fingerprint density at radius 2 is 2.14 bits per heavy atom. The Bertz CT molecular complexity index is 746. The first-order valence-electron chi connectivity index (χ1n) is 9.68. The third-order valence-electron chi connectivity index (χ3n) is 5.74. The summed E-state index contributed by atoms with van der Waals surface area (Å²) in [6, 6.07) is 6.38. The van der Waals surface area contributed by atoms with E-state index < -0.39 is 0 Å². The zero-order chi connectivity index (χ0) is 20.1. The maximum Gasteiger partial charge on any atom is 0.239 e. The second-order valence-corrected chi connectivity index (χ2v) is 7.48. The Balaban J connectivity index is 1.63. The highest BCUT2D eigenvalue weighted by Crippen LogP contribution is 2.28. The summed E-state index contributed by atoms with van der Waals surface area (Å²) < 4.78 is 13.2. The van der Waals surface area contributed by atoms with Crippen molar-refractivity contribution in [1.82, 2.24) is 20.4 Å². The largest absolute Gasteiger partial charge is 0.353 e. The van der Waals surface area contributed by atoms with Gasteiger partial charge in [0.05, 0.1) is 6.54 Å². The van der Waals surface area contributed by atoms with Gasteiger partial charge < -0.3 is 10.6 Å². The molecule has 0 bridgehead atoms. The monoisotopic (exact) mass is 386 g/mol. The summed E-state index contributed by atoms with van der Waals surface area (Å²) in [5.74, 6) is 2.09. The van der Waals surface area contributed by atoms with E-state index in [1.54, 1.807) is 12.1 Å². The molecule has 28 heavy (non-hydrogen) atoms. The van der Waals surface area contributed by atoms with Crippen molar-refractivity contribution in [2.24, 2.45) is 0 Å². The van der Waals surface area contributed by atoms with Crippen LogP contribution in [0.1, 0.15) is 24.8 Å². The van der Waals surface area contributed by atoms with Crippen molar-refractivity contribution in [2.75, 3.05) is 26.7 Å². The highest BCUT2D eigenvalue weighted by atomic mass is 19.1. The van der Waals surface area contributed by atoms with Crippen molar-refractivity contribution < 1.29 is 14.0 Å². The highest BCUT2D eigenvalue weighted by Gasteiger charge is 2.44. The van der Waals surface area contributed by atoms with Gasteiger partial charge in [-0.1, -0.05) is 18.1 Å². The molecule has 0 spiro atoms. The number of terminal acetylenes is 1. The van der Waals surface area contributed by atoms with Crippen LogP contribution in [0, 0.1) is 18.2 Å². The third-order valence-corrected chi connectivity index (χ3v) is 5.74. The Labute approximate surface area is 165 Å². The molecule has 1 aromatic carbocycles. The number of halogens is 1. The van der Waals surface area contributed by atoms with E-state index in [2.05, 4.69) is 26.4 Å². The van der Waals surface area contributed by atoms with E-state index in [0.29, 0.717) is 25.9 Å². The molecule has 2 saturated heterocycles. The minimum absolute atomic E-state index is 0.0238. The number of fused-ring (bicyclic) bond motifs is 1. The molecule has 2 aliphatic rings. The molecule has 3 rings (SSSR count). The fourth-order valence-corrected chi connectivity index (χ4v) is 4.19. The van der Waals surface area contributed by atoms with Crippen molar-refractivity contribution in [1.29, 1.82) is 0 Å². The fraction of sp³-hybridized carbons (Fsp3) is 0.524. The van der Waals surface area contributed by atoms with E-state index in [0.717, 1.165) is 18.5 Å². The Morgan fingerprint density at radius 3 is 2.86 bits per heavy atom. The molecule has 2 heterocycles. The lowest BCUT2D eigenvalue weighted by Crippen LogP contribution is -2.49. The first-order chi connectivity index (χ1) is 13.5. The predicted molar refractivity (Wildman–Crippen MR) is 105 cm³/mol. The van der Waals surface area contributed by atoms with Crippen LogP contribution in [0.25, 0.3) is 0 Å². The van der Waals surface area contributed by atoms with Crippen LogP contribution in [-0.2, 0) is 16.1 Å². The minimum atomic E-state index is -0.260. The summed E-state index contributed by atoms with van der Waals surface area (Å²) in [6.45, 7) is 2.18. The molecule has 0 aliphatic carbocycles. The summed E-state index contributed by atoms with van der Waals surface area (Å²) in [4.78, 5) is 29.0. The van der Waals surface area contributed by atoms with Crippen molar-refractivity contribution in [3.8, 4) is 12.3 Å². The van der Waals surface area contributed by atoms with Crippen LogP contribution in [0.2, 0.25) is 0 Å². The molecule has 0 radical (unpaired) electrons. The molecule has 3 atom stereocenters. The van der Waals surface area contributed by atoms with Gasteiger partial charge in [0.25, 0.3) is 0 Å². The molecular formula is C21H27FN4O2. The predicted octanol–water partition coefficient (Wildman–Crippen LogP) is 0.728. The molecule has 0 aromatic heterocycles. The molecule has 2 fully saturated rings. The van der Waals surface area contributed by atoms with Crippen LogP contribution in [0.15, 0.2) is 24.3 Å². The first kappa shape index (κ1) is 20.3. The number of carbonyl (C=O) groups excluding carboxylic acids is 2. The summed E-state index contributed by atoms with van der Waals surface area (Å²) in [5, 5.41) is 5.72. The van der Waals surface area contributed by atoms with Gasteiger partial charge in [0.15, 0.2) is 0 Å². The quantitative estimate of drug-likeness (QED) is 0.708. The maximum absolute atomic E-state index is 13.2. The van der Waals surface area contributed by atoms with E-state index >= 15 is 0 Å². The van der Waals surface area contributed by atoms with Crippen LogP contribution in [0.5, 0.6) is 0 Å². The van der Waals surface area contributed by atoms with Crippen LogP contribution in [0.4, 0.5) is 4.39 Å².